The molecule has 4 heteroatoms. The molecule has 2 nitrogen and oxygen atoms in total. The van der Waals surface area contributed by atoms with E-state index in [-0.39, 0.29) is 0 Å². The molecule has 3 N–H and O–H groups in total. The van der Waals surface area contributed by atoms with Gasteiger partial charge >= 0.3 is 0 Å². The largest absolute Gasteiger partial charge is 0.397 e. The van der Waals surface area contributed by atoms with Crippen molar-refractivity contribution in [3.05, 3.63) is 22.2 Å². The van der Waals surface area contributed by atoms with Crippen LogP contribution in [0.25, 0.3) is 0 Å². The molecule has 0 atom stereocenters. The van der Waals surface area contributed by atoms with Crippen LogP contribution in [0.5, 0.6) is 0 Å². The highest BCUT2D eigenvalue weighted by molar-refractivity contribution is 6.42. The minimum atomic E-state index is 0.507. The van der Waals surface area contributed by atoms with Gasteiger partial charge in [0.2, 0.25) is 0 Å². The average molecular weight is 273 g/mol. The van der Waals surface area contributed by atoms with Gasteiger partial charge < -0.3 is 11.1 Å². The monoisotopic (exact) mass is 272 g/mol. The summed E-state index contributed by atoms with van der Waals surface area (Å²) in [5.41, 5.74) is 7.46. The Morgan fingerprint density at radius 1 is 1.12 bits per heavy atom. The first kappa shape index (κ1) is 12.8. The molecule has 0 aromatic heterocycles. The fourth-order valence-electron chi connectivity index (χ4n) is 2.36. The molecular weight excluding hydrogens is 255 g/mol. The Hall–Kier alpha value is -0.600. The van der Waals surface area contributed by atoms with Crippen molar-refractivity contribution in [3.8, 4) is 0 Å². The Balaban J connectivity index is 1.96. The molecule has 2 rings (SSSR count). The number of hydrogen-bond acceptors (Lipinski definition) is 2. The van der Waals surface area contributed by atoms with Crippen molar-refractivity contribution in [1.82, 2.24) is 0 Å². The van der Waals surface area contributed by atoms with E-state index in [4.69, 9.17) is 28.9 Å². The van der Waals surface area contributed by atoms with Gasteiger partial charge in [0.1, 0.15) is 0 Å². The zero-order valence-corrected chi connectivity index (χ0v) is 11.3. The van der Waals surface area contributed by atoms with Crippen LogP contribution in [-0.2, 0) is 0 Å². The molecule has 0 bridgehead atoms. The molecule has 1 fully saturated rings. The molecular formula is C13H18Cl2N2. The summed E-state index contributed by atoms with van der Waals surface area (Å²) in [6.45, 7) is 0.974. The second-order valence-electron chi connectivity index (χ2n) is 4.74. The number of halogens is 2. The van der Waals surface area contributed by atoms with Gasteiger partial charge in [-0.1, -0.05) is 42.5 Å². The van der Waals surface area contributed by atoms with Crippen LogP contribution in [0.1, 0.15) is 32.1 Å². The van der Waals surface area contributed by atoms with Crippen molar-refractivity contribution in [2.24, 2.45) is 5.92 Å². The van der Waals surface area contributed by atoms with E-state index in [0.717, 1.165) is 18.2 Å². The lowest BCUT2D eigenvalue weighted by molar-refractivity contribution is 0.373. The van der Waals surface area contributed by atoms with Gasteiger partial charge in [0.25, 0.3) is 0 Å². The van der Waals surface area contributed by atoms with E-state index in [1.54, 1.807) is 6.07 Å². The van der Waals surface area contributed by atoms with Crippen LogP contribution in [0.3, 0.4) is 0 Å². The summed E-state index contributed by atoms with van der Waals surface area (Å²) in [4.78, 5) is 0. The number of nitrogens with two attached hydrogens (primary N) is 1. The number of hydrogen-bond donors (Lipinski definition) is 2. The maximum absolute atomic E-state index is 5.98. The zero-order chi connectivity index (χ0) is 12.3. The highest BCUT2D eigenvalue weighted by atomic mass is 35.5. The van der Waals surface area contributed by atoms with Crippen LogP contribution in [0, 0.1) is 5.92 Å². The first-order valence-corrected chi connectivity index (χ1v) is 6.91. The summed E-state index contributed by atoms with van der Waals surface area (Å²) in [6, 6.07) is 3.51. The quantitative estimate of drug-likeness (QED) is 0.792. The van der Waals surface area contributed by atoms with Crippen molar-refractivity contribution in [1.29, 1.82) is 0 Å². The fraction of sp³-hybridized carbons (Fsp3) is 0.538. The summed E-state index contributed by atoms with van der Waals surface area (Å²) in [5.74, 6) is 0.762. The Labute approximate surface area is 112 Å². The summed E-state index contributed by atoms with van der Waals surface area (Å²) in [7, 11) is 0. The van der Waals surface area contributed by atoms with E-state index in [0.29, 0.717) is 15.7 Å². The van der Waals surface area contributed by atoms with Crippen molar-refractivity contribution in [3.63, 3.8) is 0 Å². The van der Waals surface area contributed by atoms with Gasteiger partial charge in [0, 0.05) is 6.54 Å². The third-order valence-corrected chi connectivity index (χ3v) is 4.12. The summed E-state index contributed by atoms with van der Waals surface area (Å²) in [5, 5.41) is 4.44. The molecule has 0 spiro atoms. The molecule has 1 aromatic rings. The van der Waals surface area contributed by atoms with Gasteiger partial charge in [-0.25, -0.2) is 0 Å². The van der Waals surface area contributed by atoms with E-state index < -0.39 is 0 Å². The minimum absolute atomic E-state index is 0.507. The van der Waals surface area contributed by atoms with Crippen LogP contribution < -0.4 is 11.1 Å². The van der Waals surface area contributed by atoms with Gasteiger partial charge in [-0.3, -0.25) is 0 Å². The molecule has 1 aliphatic rings. The predicted octanol–water partition coefficient (Wildman–Crippen LogP) is 4.57. The second-order valence-corrected chi connectivity index (χ2v) is 5.55. The molecule has 0 saturated heterocycles. The molecule has 1 aromatic carbocycles. The third kappa shape index (κ3) is 3.43. The van der Waals surface area contributed by atoms with Gasteiger partial charge in [-0.05, 0) is 30.9 Å². The highest BCUT2D eigenvalue weighted by Crippen LogP contribution is 2.31. The number of nitrogen functional groups attached to an aromatic ring is 1. The molecule has 0 amide bonds. The van der Waals surface area contributed by atoms with E-state index in [1.807, 2.05) is 6.07 Å². The normalized spacial score (nSPS) is 17.1. The maximum atomic E-state index is 5.98. The van der Waals surface area contributed by atoms with Crippen molar-refractivity contribution in [2.75, 3.05) is 17.6 Å². The maximum Gasteiger partial charge on any atom is 0.0614 e. The van der Waals surface area contributed by atoms with Crippen LogP contribution in [0.2, 0.25) is 10.0 Å². The first-order chi connectivity index (χ1) is 8.16. The Morgan fingerprint density at radius 3 is 2.47 bits per heavy atom. The number of benzene rings is 1. The third-order valence-electron chi connectivity index (χ3n) is 3.40. The Morgan fingerprint density at radius 2 is 1.76 bits per heavy atom. The number of nitrogens with one attached hydrogen (secondary N) is 1. The lowest BCUT2D eigenvalue weighted by Crippen LogP contribution is -2.17. The van der Waals surface area contributed by atoms with Gasteiger partial charge in [0.05, 0.1) is 21.4 Å². The topological polar surface area (TPSA) is 38.0 Å². The van der Waals surface area contributed by atoms with Crippen LogP contribution >= 0.6 is 23.2 Å². The van der Waals surface area contributed by atoms with Crippen LogP contribution in [0.4, 0.5) is 11.4 Å². The fourth-order valence-corrected chi connectivity index (χ4v) is 2.70. The van der Waals surface area contributed by atoms with E-state index in [9.17, 15) is 0 Å². The second kappa shape index (κ2) is 5.83. The molecule has 1 aliphatic carbocycles. The van der Waals surface area contributed by atoms with Crippen molar-refractivity contribution >= 4 is 34.6 Å². The van der Waals surface area contributed by atoms with Gasteiger partial charge in [0.15, 0.2) is 0 Å². The molecule has 0 radical (unpaired) electrons. The molecule has 94 valence electrons. The SMILES string of the molecule is Nc1cc(Cl)c(Cl)cc1NCC1CCCCC1. The molecule has 1 saturated carbocycles. The number of rotatable bonds is 3. The highest BCUT2D eigenvalue weighted by Gasteiger charge is 2.13. The van der Waals surface area contributed by atoms with Crippen LogP contribution in [0.15, 0.2) is 12.1 Å². The first-order valence-electron chi connectivity index (χ1n) is 6.15. The van der Waals surface area contributed by atoms with Crippen molar-refractivity contribution in [2.45, 2.75) is 32.1 Å². The molecule has 0 heterocycles. The predicted molar refractivity (Wildman–Crippen MR) is 75.9 cm³/mol. The zero-order valence-electron chi connectivity index (χ0n) is 9.81. The lowest BCUT2D eigenvalue weighted by atomic mass is 9.89. The molecule has 0 aliphatic heterocycles. The van der Waals surface area contributed by atoms with Gasteiger partial charge in [-0.15, -0.1) is 0 Å². The standard InChI is InChI=1S/C13H18Cl2N2/c14-10-6-12(16)13(7-11(10)15)17-8-9-4-2-1-3-5-9/h6-7,9,17H,1-5,8,16H2. The molecule has 17 heavy (non-hydrogen) atoms. The smallest absolute Gasteiger partial charge is 0.0614 e. The van der Waals surface area contributed by atoms with Crippen LogP contribution in [-0.4, -0.2) is 6.54 Å². The minimum Gasteiger partial charge on any atom is -0.397 e. The van der Waals surface area contributed by atoms with E-state index >= 15 is 0 Å². The lowest BCUT2D eigenvalue weighted by Gasteiger charge is -2.22. The van der Waals surface area contributed by atoms with Gasteiger partial charge in [-0.2, -0.15) is 0 Å². The number of anilines is 2. The Kier molecular flexibility index (Phi) is 4.41. The summed E-state index contributed by atoms with van der Waals surface area (Å²) >= 11 is 11.9. The van der Waals surface area contributed by atoms with E-state index in [2.05, 4.69) is 5.32 Å². The average Bonchev–Trinajstić information content (AvgIpc) is 2.33. The van der Waals surface area contributed by atoms with Crippen molar-refractivity contribution < 1.29 is 0 Å². The summed E-state index contributed by atoms with van der Waals surface area (Å²) < 4.78 is 0. The van der Waals surface area contributed by atoms with E-state index in [1.165, 1.54) is 32.1 Å². The molecule has 0 unspecified atom stereocenters. The summed E-state index contributed by atoms with van der Waals surface area (Å²) in [6.07, 6.45) is 6.71. The Bertz CT molecular complexity index is 387.